The van der Waals surface area contributed by atoms with Gasteiger partial charge < -0.3 is 14.5 Å². The Morgan fingerprint density at radius 1 is 1.22 bits per heavy atom. The minimum absolute atomic E-state index is 0.105. The van der Waals surface area contributed by atoms with Crippen molar-refractivity contribution in [1.82, 2.24) is 14.9 Å². The van der Waals surface area contributed by atoms with Crippen LogP contribution in [0.5, 0.6) is 0 Å². The first kappa shape index (κ1) is 19.7. The van der Waals surface area contributed by atoms with Crippen molar-refractivity contribution in [2.24, 2.45) is 5.41 Å². The summed E-state index contributed by atoms with van der Waals surface area (Å²) in [5.41, 5.74) is -1.57. The Morgan fingerprint density at radius 3 is 2.44 bits per heavy atom. The second-order valence-corrected chi connectivity index (χ2v) is 8.39. The molecule has 0 saturated carbocycles. The number of nitrogens with zero attached hydrogens (tertiary/aromatic N) is 4. The first-order chi connectivity index (χ1) is 12.4. The number of likely N-dealkylation sites (tertiary alicyclic amines) is 1. The molecule has 3 heterocycles. The van der Waals surface area contributed by atoms with Gasteiger partial charge in [0.2, 0.25) is 0 Å². The van der Waals surface area contributed by atoms with E-state index in [1.165, 1.54) is 0 Å². The summed E-state index contributed by atoms with van der Waals surface area (Å²) in [6.07, 6.45) is -3.69. The van der Waals surface area contributed by atoms with Crippen LogP contribution in [0, 0.1) is 5.41 Å². The number of ether oxygens (including phenoxy) is 1. The number of amides is 1. The van der Waals surface area contributed by atoms with Crippen molar-refractivity contribution in [3.05, 3.63) is 17.6 Å². The van der Waals surface area contributed by atoms with Crippen molar-refractivity contribution >= 4 is 11.9 Å². The van der Waals surface area contributed by atoms with Crippen LogP contribution in [0.15, 0.2) is 6.07 Å². The number of aromatic nitrogens is 2. The molecule has 1 aromatic heterocycles. The number of alkyl halides is 3. The van der Waals surface area contributed by atoms with E-state index in [0.29, 0.717) is 38.4 Å². The molecule has 0 bridgehead atoms. The Morgan fingerprint density at radius 2 is 1.89 bits per heavy atom. The van der Waals surface area contributed by atoms with Crippen LogP contribution in [0.3, 0.4) is 0 Å². The molecule has 0 radical (unpaired) electrons. The molecule has 1 amide bonds. The number of hydrogen-bond donors (Lipinski definition) is 0. The Kier molecular flexibility index (Phi) is 4.76. The van der Waals surface area contributed by atoms with Gasteiger partial charge in [0.05, 0.1) is 0 Å². The number of carbonyl (C=O) groups is 1. The molecule has 2 aliphatic rings. The number of halogens is 3. The molecule has 1 spiro atoms. The van der Waals surface area contributed by atoms with Crippen molar-refractivity contribution in [1.29, 1.82) is 0 Å². The molecule has 2 aliphatic heterocycles. The van der Waals surface area contributed by atoms with Crippen LogP contribution in [-0.4, -0.2) is 52.7 Å². The predicted octanol–water partition coefficient (Wildman–Crippen LogP) is 3.51. The van der Waals surface area contributed by atoms with Crippen LogP contribution >= 0.6 is 0 Å². The third kappa shape index (κ3) is 4.27. The summed E-state index contributed by atoms with van der Waals surface area (Å²) in [4.78, 5) is 23.6. The van der Waals surface area contributed by atoms with Gasteiger partial charge in [0.1, 0.15) is 22.9 Å². The average molecular weight is 386 g/mol. The van der Waals surface area contributed by atoms with E-state index in [1.807, 2.05) is 25.7 Å². The molecule has 0 N–H and O–H groups in total. The maximum Gasteiger partial charge on any atom is 0.433 e. The normalized spacial score (nSPS) is 19.4. The lowest BCUT2D eigenvalue weighted by Crippen LogP contribution is -2.58. The summed E-state index contributed by atoms with van der Waals surface area (Å²) in [7, 11) is 0. The number of rotatable bonds is 2. The zero-order valence-corrected chi connectivity index (χ0v) is 16.1. The number of hydrogen-bond acceptors (Lipinski definition) is 5. The van der Waals surface area contributed by atoms with Crippen LogP contribution in [0.1, 0.15) is 45.6 Å². The third-order valence-electron chi connectivity index (χ3n) is 4.83. The van der Waals surface area contributed by atoms with Crippen LogP contribution in [0.25, 0.3) is 0 Å². The molecule has 0 unspecified atom stereocenters. The summed E-state index contributed by atoms with van der Waals surface area (Å²) >= 11 is 0. The molecule has 1 aromatic rings. The highest BCUT2D eigenvalue weighted by atomic mass is 19.4. The number of aryl methyl sites for hydroxylation is 1. The van der Waals surface area contributed by atoms with Gasteiger partial charge in [0.25, 0.3) is 0 Å². The molecular weight excluding hydrogens is 361 g/mol. The first-order valence-corrected chi connectivity index (χ1v) is 9.09. The summed E-state index contributed by atoms with van der Waals surface area (Å²) < 4.78 is 44.6. The van der Waals surface area contributed by atoms with Crippen molar-refractivity contribution in [3.8, 4) is 0 Å². The fraction of sp³-hybridized carbons (Fsp3) is 0.722. The number of anilines is 1. The highest BCUT2D eigenvalue weighted by Crippen LogP contribution is 2.42. The lowest BCUT2D eigenvalue weighted by molar-refractivity contribution is -0.141. The molecule has 6 nitrogen and oxygen atoms in total. The Balaban J connectivity index is 1.67. The van der Waals surface area contributed by atoms with Gasteiger partial charge in [-0.1, -0.05) is 6.92 Å². The first-order valence-electron chi connectivity index (χ1n) is 9.09. The molecule has 0 aliphatic carbocycles. The molecule has 150 valence electrons. The second kappa shape index (κ2) is 6.53. The average Bonchev–Trinajstić information content (AvgIpc) is 2.96. The summed E-state index contributed by atoms with van der Waals surface area (Å²) in [5.74, 6) is 0.484. The van der Waals surface area contributed by atoms with Crippen LogP contribution in [0.2, 0.25) is 0 Å². The van der Waals surface area contributed by atoms with E-state index in [4.69, 9.17) is 4.74 Å². The molecule has 27 heavy (non-hydrogen) atoms. The Labute approximate surface area is 156 Å². The second-order valence-electron chi connectivity index (χ2n) is 8.39. The van der Waals surface area contributed by atoms with E-state index in [9.17, 15) is 18.0 Å². The molecule has 2 fully saturated rings. The maximum absolute atomic E-state index is 13.1. The van der Waals surface area contributed by atoms with Gasteiger partial charge in [0, 0.05) is 44.1 Å². The predicted molar refractivity (Wildman–Crippen MR) is 93.5 cm³/mol. The van der Waals surface area contributed by atoms with Gasteiger partial charge in [-0.15, -0.1) is 0 Å². The zero-order chi connectivity index (χ0) is 20.0. The SMILES string of the molecule is CCc1nc(N2CC3(CCN(C(=O)OC(C)(C)C)C3)C2)cc(C(F)(F)F)n1. The van der Waals surface area contributed by atoms with E-state index in [0.717, 1.165) is 12.5 Å². The van der Waals surface area contributed by atoms with Gasteiger partial charge >= 0.3 is 12.3 Å². The van der Waals surface area contributed by atoms with Gasteiger partial charge in [-0.2, -0.15) is 13.2 Å². The van der Waals surface area contributed by atoms with E-state index >= 15 is 0 Å². The molecule has 9 heteroatoms. The van der Waals surface area contributed by atoms with E-state index in [-0.39, 0.29) is 17.3 Å². The summed E-state index contributed by atoms with van der Waals surface area (Å²) in [6, 6.07) is 1.01. The maximum atomic E-state index is 13.1. The zero-order valence-electron chi connectivity index (χ0n) is 16.1. The molecule has 0 atom stereocenters. The minimum atomic E-state index is -4.50. The Bertz CT molecular complexity index is 724. The van der Waals surface area contributed by atoms with Crippen LogP contribution in [-0.2, 0) is 17.3 Å². The fourth-order valence-electron chi connectivity index (χ4n) is 3.55. The lowest BCUT2D eigenvalue weighted by atomic mass is 9.79. The number of carbonyl (C=O) groups excluding carboxylic acids is 1. The van der Waals surface area contributed by atoms with Gasteiger partial charge in [-0.25, -0.2) is 14.8 Å². The quantitative estimate of drug-likeness (QED) is 0.779. The van der Waals surface area contributed by atoms with E-state index in [2.05, 4.69) is 9.97 Å². The van der Waals surface area contributed by atoms with E-state index in [1.54, 1.807) is 11.8 Å². The van der Waals surface area contributed by atoms with Gasteiger partial charge in [-0.05, 0) is 27.2 Å². The van der Waals surface area contributed by atoms with Crippen LogP contribution < -0.4 is 4.90 Å². The smallest absolute Gasteiger partial charge is 0.433 e. The van der Waals surface area contributed by atoms with Crippen molar-refractivity contribution in [2.75, 3.05) is 31.1 Å². The highest BCUT2D eigenvalue weighted by Gasteiger charge is 2.50. The van der Waals surface area contributed by atoms with Crippen LogP contribution in [0.4, 0.5) is 23.8 Å². The van der Waals surface area contributed by atoms with Gasteiger partial charge in [0.15, 0.2) is 0 Å². The minimum Gasteiger partial charge on any atom is -0.444 e. The molecule has 3 rings (SSSR count). The molecule has 2 saturated heterocycles. The summed E-state index contributed by atoms with van der Waals surface area (Å²) in [6.45, 7) is 9.48. The highest BCUT2D eigenvalue weighted by molar-refractivity contribution is 5.69. The third-order valence-corrected chi connectivity index (χ3v) is 4.83. The van der Waals surface area contributed by atoms with Crippen molar-refractivity contribution in [2.45, 2.75) is 52.3 Å². The summed E-state index contributed by atoms with van der Waals surface area (Å²) in [5, 5.41) is 0. The van der Waals surface area contributed by atoms with Crippen molar-refractivity contribution < 1.29 is 22.7 Å². The molecule has 0 aromatic carbocycles. The largest absolute Gasteiger partial charge is 0.444 e. The fourth-order valence-corrected chi connectivity index (χ4v) is 3.55. The molecular formula is C18H25F3N4O2. The standard InChI is InChI=1S/C18H25F3N4O2/c1-5-13-22-12(18(19,20)21)8-14(23-13)25-10-17(11-25)6-7-24(9-17)15(26)27-16(2,3)4/h8H,5-7,9-11H2,1-4H3. The Hall–Kier alpha value is -2.06. The van der Waals surface area contributed by atoms with E-state index < -0.39 is 17.5 Å². The van der Waals surface area contributed by atoms with Gasteiger partial charge in [-0.3, -0.25) is 0 Å². The monoisotopic (exact) mass is 386 g/mol. The lowest BCUT2D eigenvalue weighted by Gasteiger charge is -2.48. The topological polar surface area (TPSA) is 58.6 Å². The van der Waals surface area contributed by atoms with Crippen molar-refractivity contribution in [3.63, 3.8) is 0 Å².